The quantitative estimate of drug-likeness (QED) is 0.835. The Balaban J connectivity index is 1.80. The second-order valence-corrected chi connectivity index (χ2v) is 4.69. The highest BCUT2D eigenvalue weighted by Gasteiger charge is 2.19. The van der Waals surface area contributed by atoms with E-state index in [1.54, 1.807) is 0 Å². The molecule has 0 spiro atoms. The fraction of sp³-hybridized carbons (Fsp3) is 0.833. The molecule has 17 heavy (non-hydrogen) atoms. The standard InChI is InChI=1S/C12H22N4O/c1-3-4-11-14-12(17-15-11)9-16-7-5-10(13-2)6-8-16/h10,13H,3-9H2,1-2H3. The molecule has 1 aliphatic heterocycles. The van der Waals surface area contributed by atoms with Crippen LogP contribution in [0.15, 0.2) is 4.52 Å². The van der Waals surface area contributed by atoms with Gasteiger partial charge in [0, 0.05) is 25.6 Å². The van der Waals surface area contributed by atoms with Gasteiger partial charge in [-0.05, 0) is 26.3 Å². The average Bonchev–Trinajstić information content (AvgIpc) is 2.78. The van der Waals surface area contributed by atoms with Crippen LogP contribution in [0, 0.1) is 0 Å². The molecule has 1 aromatic rings. The van der Waals surface area contributed by atoms with E-state index in [9.17, 15) is 0 Å². The summed E-state index contributed by atoms with van der Waals surface area (Å²) in [6, 6.07) is 0.671. The van der Waals surface area contributed by atoms with Crippen molar-refractivity contribution in [2.24, 2.45) is 0 Å². The Kier molecular flexibility index (Phi) is 4.50. The Bertz CT molecular complexity index is 331. The van der Waals surface area contributed by atoms with Crippen LogP contribution in [0.3, 0.4) is 0 Å². The number of aromatic nitrogens is 2. The summed E-state index contributed by atoms with van der Waals surface area (Å²) in [5.74, 6) is 1.60. The van der Waals surface area contributed by atoms with Crippen LogP contribution in [0.25, 0.3) is 0 Å². The minimum Gasteiger partial charge on any atom is -0.338 e. The molecule has 1 aromatic heterocycles. The zero-order chi connectivity index (χ0) is 12.1. The molecule has 5 nitrogen and oxygen atoms in total. The van der Waals surface area contributed by atoms with Crippen LogP contribution in [0.2, 0.25) is 0 Å². The highest BCUT2D eigenvalue weighted by Crippen LogP contribution is 2.12. The van der Waals surface area contributed by atoms with Crippen LogP contribution in [0.5, 0.6) is 0 Å². The van der Waals surface area contributed by atoms with Gasteiger partial charge in [-0.2, -0.15) is 4.98 Å². The molecule has 2 heterocycles. The first-order valence-electron chi connectivity index (χ1n) is 6.53. The fourth-order valence-electron chi connectivity index (χ4n) is 2.25. The van der Waals surface area contributed by atoms with Gasteiger partial charge in [0.1, 0.15) is 0 Å². The summed E-state index contributed by atoms with van der Waals surface area (Å²) < 4.78 is 5.25. The van der Waals surface area contributed by atoms with E-state index >= 15 is 0 Å². The van der Waals surface area contributed by atoms with Crippen LogP contribution >= 0.6 is 0 Å². The molecule has 2 rings (SSSR count). The molecule has 0 atom stereocenters. The lowest BCUT2D eigenvalue weighted by molar-refractivity contribution is 0.173. The molecular weight excluding hydrogens is 216 g/mol. The van der Waals surface area contributed by atoms with Crippen LogP contribution in [0.1, 0.15) is 37.9 Å². The van der Waals surface area contributed by atoms with E-state index in [4.69, 9.17) is 4.52 Å². The third-order valence-corrected chi connectivity index (χ3v) is 3.34. The molecule has 1 fully saturated rings. The van der Waals surface area contributed by atoms with Gasteiger partial charge in [0.05, 0.1) is 6.54 Å². The van der Waals surface area contributed by atoms with Gasteiger partial charge in [0.2, 0.25) is 5.89 Å². The number of likely N-dealkylation sites (tertiary alicyclic amines) is 1. The van der Waals surface area contributed by atoms with E-state index in [0.29, 0.717) is 6.04 Å². The average molecular weight is 238 g/mol. The van der Waals surface area contributed by atoms with Crippen molar-refractivity contribution < 1.29 is 4.52 Å². The van der Waals surface area contributed by atoms with E-state index in [0.717, 1.165) is 44.2 Å². The van der Waals surface area contributed by atoms with Gasteiger partial charge < -0.3 is 9.84 Å². The Labute approximate surface area is 103 Å². The molecule has 1 N–H and O–H groups in total. The Hall–Kier alpha value is -0.940. The minimum absolute atomic E-state index is 0.671. The van der Waals surface area contributed by atoms with E-state index in [1.807, 2.05) is 7.05 Å². The largest absolute Gasteiger partial charge is 0.338 e. The first kappa shape index (κ1) is 12.5. The first-order chi connectivity index (χ1) is 8.31. The van der Waals surface area contributed by atoms with Crippen LogP contribution < -0.4 is 5.32 Å². The molecule has 1 saturated heterocycles. The first-order valence-corrected chi connectivity index (χ1v) is 6.53. The van der Waals surface area contributed by atoms with Gasteiger partial charge in [-0.25, -0.2) is 0 Å². The fourth-order valence-corrected chi connectivity index (χ4v) is 2.25. The predicted molar refractivity (Wildman–Crippen MR) is 65.7 cm³/mol. The second kappa shape index (κ2) is 6.12. The summed E-state index contributed by atoms with van der Waals surface area (Å²) >= 11 is 0. The molecular formula is C12H22N4O. The van der Waals surface area contributed by atoms with Crippen LogP contribution in [-0.2, 0) is 13.0 Å². The lowest BCUT2D eigenvalue weighted by Crippen LogP contribution is -2.40. The maximum Gasteiger partial charge on any atom is 0.240 e. The van der Waals surface area contributed by atoms with Crippen molar-refractivity contribution in [3.63, 3.8) is 0 Å². The lowest BCUT2D eigenvalue weighted by Gasteiger charge is -2.30. The number of hydrogen-bond donors (Lipinski definition) is 1. The van der Waals surface area contributed by atoms with Crippen molar-refractivity contribution in [3.8, 4) is 0 Å². The highest BCUT2D eigenvalue weighted by atomic mass is 16.5. The molecule has 0 bridgehead atoms. The molecule has 1 aliphatic rings. The summed E-state index contributed by atoms with van der Waals surface area (Å²) in [5, 5.41) is 7.31. The second-order valence-electron chi connectivity index (χ2n) is 4.69. The summed E-state index contributed by atoms with van der Waals surface area (Å²) in [7, 11) is 2.04. The summed E-state index contributed by atoms with van der Waals surface area (Å²) in [6.45, 7) is 5.14. The molecule has 0 unspecified atom stereocenters. The molecule has 0 aliphatic carbocycles. The van der Waals surface area contributed by atoms with Gasteiger partial charge in [0.15, 0.2) is 5.82 Å². The predicted octanol–water partition coefficient (Wildman–Crippen LogP) is 1.21. The summed E-state index contributed by atoms with van der Waals surface area (Å²) in [4.78, 5) is 6.78. The molecule has 96 valence electrons. The van der Waals surface area contributed by atoms with E-state index in [2.05, 4.69) is 27.3 Å². The number of hydrogen-bond acceptors (Lipinski definition) is 5. The van der Waals surface area contributed by atoms with Gasteiger partial charge in [-0.15, -0.1) is 0 Å². The van der Waals surface area contributed by atoms with Gasteiger partial charge >= 0.3 is 0 Å². The van der Waals surface area contributed by atoms with Crippen molar-refractivity contribution in [1.82, 2.24) is 20.4 Å². The van der Waals surface area contributed by atoms with E-state index < -0.39 is 0 Å². The third kappa shape index (κ3) is 3.51. The zero-order valence-electron chi connectivity index (χ0n) is 10.8. The van der Waals surface area contributed by atoms with E-state index in [-0.39, 0.29) is 0 Å². The molecule has 5 heteroatoms. The maximum absolute atomic E-state index is 5.25. The van der Waals surface area contributed by atoms with Crippen molar-refractivity contribution in [1.29, 1.82) is 0 Å². The molecule has 0 radical (unpaired) electrons. The molecule has 0 saturated carbocycles. The highest BCUT2D eigenvalue weighted by molar-refractivity contribution is 4.87. The number of rotatable bonds is 5. The Morgan fingerprint density at radius 3 is 2.82 bits per heavy atom. The van der Waals surface area contributed by atoms with Crippen LogP contribution in [-0.4, -0.2) is 41.2 Å². The number of nitrogens with one attached hydrogen (secondary N) is 1. The van der Waals surface area contributed by atoms with Gasteiger partial charge in [0.25, 0.3) is 0 Å². The summed E-state index contributed by atoms with van der Waals surface area (Å²) in [5.41, 5.74) is 0. The van der Waals surface area contributed by atoms with Crippen LogP contribution in [0.4, 0.5) is 0 Å². The van der Waals surface area contributed by atoms with Crippen molar-refractivity contribution in [3.05, 3.63) is 11.7 Å². The Morgan fingerprint density at radius 1 is 1.41 bits per heavy atom. The van der Waals surface area contributed by atoms with Crippen molar-refractivity contribution in [2.75, 3.05) is 20.1 Å². The normalized spacial score (nSPS) is 18.7. The van der Waals surface area contributed by atoms with Crippen molar-refractivity contribution in [2.45, 2.75) is 45.2 Å². The van der Waals surface area contributed by atoms with Gasteiger partial charge in [-0.3, -0.25) is 4.90 Å². The zero-order valence-corrected chi connectivity index (χ0v) is 10.8. The number of nitrogens with zero attached hydrogens (tertiary/aromatic N) is 3. The topological polar surface area (TPSA) is 54.2 Å². The van der Waals surface area contributed by atoms with Crippen molar-refractivity contribution >= 4 is 0 Å². The lowest BCUT2D eigenvalue weighted by atomic mass is 10.1. The number of piperidine rings is 1. The summed E-state index contributed by atoms with van der Waals surface area (Å²) in [6.07, 6.45) is 4.37. The number of aryl methyl sites for hydroxylation is 1. The monoisotopic (exact) mass is 238 g/mol. The third-order valence-electron chi connectivity index (χ3n) is 3.34. The Morgan fingerprint density at radius 2 is 2.18 bits per heavy atom. The minimum atomic E-state index is 0.671. The van der Waals surface area contributed by atoms with Gasteiger partial charge in [-0.1, -0.05) is 12.1 Å². The molecule has 0 aromatic carbocycles. The maximum atomic E-state index is 5.25. The van der Waals surface area contributed by atoms with E-state index in [1.165, 1.54) is 12.8 Å². The SMILES string of the molecule is CCCc1noc(CN2CCC(NC)CC2)n1. The smallest absolute Gasteiger partial charge is 0.240 e. The molecule has 0 amide bonds.